The molecule has 2 heterocycles. The second kappa shape index (κ2) is 7.18. The SMILES string of the molecule is CCCn1c(C)c(CC(=O)N[C@H]2CCSC2)c2c1CC(C)(C)CC2=O. The van der Waals surface area contributed by atoms with Crippen LogP contribution in [0.5, 0.6) is 0 Å². The molecule has 1 aromatic heterocycles. The first-order valence-electron chi connectivity index (χ1n) is 9.43. The van der Waals surface area contributed by atoms with Gasteiger partial charge in [0, 0.05) is 41.7 Å². The lowest BCUT2D eigenvalue weighted by Gasteiger charge is -2.30. The largest absolute Gasteiger partial charge is 0.352 e. The first-order valence-corrected chi connectivity index (χ1v) is 10.6. The van der Waals surface area contributed by atoms with E-state index in [1.807, 2.05) is 11.8 Å². The van der Waals surface area contributed by atoms with Gasteiger partial charge in [0.05, 0.1) is 6.42 Å². The Morgan fingerprint density at radius 1 is 1.36 bits per heavy atom. The smallest absolute Gasteiger partial charge is 0.224 e. The van der Waals surface area contributed by atoms with Gasteiger partial charge in [-0.15, -0.1) is 0 Å². The molecule has 1 atom stereocenters. The normalized spacial score (nSPS) is 22.1. The molecule has 1 fully saturated rings. The maximum Gasteiger partial charge on any atom is 0.224 e. The van der Waals surface area contributed by atoms with Crippen LogP contribution in [0.25, 0.3) is 0 Å². The maximum absolute atomic E-state index is 12.9. The molecule has 0 saturated carbocycles. The number of aromatic nitrogens is 1. The highest BCUT2D eigenvalue weighted by Crippen LogP contribution is 2.39. The van der Waals surface area contributed by atoms with Gasteiger partial charge in [0.1, 0.15) is 0 Å². The highest BCUT2D eigenvalue weighted by Gasteiger charge is 2.37. The molecule has 3 rings (SSSR count). The summed E-state index contributed by atoms with van der Waals surface area (Å²) in [6, 6.07) is 0.293. The van der Waals surface area contributed by atoms with Gasteiger partial charge in [0.25, 0.3) is 0 Å². The van der Waals surface area contributed by atoms with E-state index in [1.165, 1.54) is 0 Å². The highest BCUT2D eigenvalue weighted by atomic mass is 32.2. The van der Waals surface area contributed by atoms with Gasteiger partial charge in [0.15, 0.2) is 5.78 Å². The predicted octanol–water partition coefficient (Wildman–Crippen LogP) is 3.53. The molecule has 1 aliphatic carbocycles. The average molecular weight is 363 g/mol. The average Bonchev–Trinajstić information content (AvgIpc) is 3.09. The number of hydrogen-bond acceptors (Lipinski definition) is 3. The zero-order chi connectivity index (χ0) is 18.2. The molecule has 1 aromatic rings. The lowest BCUT2D eigenvalue weighted by molar-refractivity contribution is -0.121. The molecule has 0 unspecified atom stereocenters. The van der Waals surface area contributed by atoms with Crippen molar-refractivity contribution in [1.82, 2.24) is 9.88 Å². The third kappa shape index (κ3) is 3.81. The Labute approximate surface area is 155 Å². The quantitative estimate of drug-likeness (QED) is 0.872. The molecule has 5 heteroatoms. The van der Waals surface area contributed by atoms with Gasteiger partial charge in [-0.25, -0.2) is 0 Å². The van der Waals surface area contributed by atoms with Crippen LogP contribution in [-0.4, -0.2) is 33.8 Å². The second-order valence-corrected chi connectivity index (χ2v) is 9.43. The van der Waals surface area contributed by atoms with E-state index < -0.39 is 0 Å². The summed E-state index contributed by atoms with van der Waals surface area (Å²) in [7, 11) is 0. The first-order chi connectivity index (χ1) is 11.8. The molecule has 138 valence electrons. The summed E-state index contributed by atoms with van der Waals surface area (Å²) in [6.07, 6.45) is 3.90. The van der Waals surface area contributed by atoms with E-state index in [1.54, 1.807) is 0 Å². The first kappa shape index (κ1) is 18.6. The van der Waals surface area contributed by atoms with Gasteiger partial charge in [-0.05, 0) is 42.9 Å². The number of carbonyl (C=O) groups is 2. The van der Waals surface area contributed by atoms with Crippen LogP contribution in [0.2, 0.25) is 0 Å². The van der Waals surface area contributed by atoms with E-state index >= 15 is 0 Å². The van der Waals surface area contributed by atoms with E-state index in [-0.39, 0.29) is 17.1 Å². The van der Waals surface area contributed by atoms with Crippen LogP contribution in [-0.2, 0) is 24.2 Å². The molecule has 4 nitrogen and oxygen atoms in total. The fourth-order valence-electron chi connectivity index (χ4n) is 4.24. The standard InChI is InChI=1S/C20H30N2O2S/c1-5-7-22-13(2)15(9-18(24)21-14-6-8-25-12-14)19-16(22)10-20(3,4)11-17(19)23/h14H,5-12H2,1-4H3,(H,21,24)/t14-/m0/s1. The zero-order valence-corrected chi connectivity index (χ0v) is 16.7. The van der Waals surface area contributed by atoms with Gasteiger partial charge in [-0.2, -0.15) is 11.8 Å². The van der Waals surface area contributed by atoms with E-state index in [0.29, 0.717) is 18.9 Å². The van der Waals surface area contributed by atoms with Gasteiger partial charge < -0.3 is 9.88 Å². The van der Waals surface area contributed by atoms with Gasteiger partial charge in [-0.3, -0.25) is 9.59 Å². The monoisotopic (exact) mass is 362 g/mol. The van der Waals surface area contributed by atoms with Crippen LogP contribution >= 0.6 is 11.8 Å². The lowest BCUT2D eigenvalue weighted by Crippen LogP contribution is -2.36. The minimum absolute atomic E-state index is 0.000960. The fourth-order valence-corrected chi connectivity index (χ4v) is 5.39. The Morgan fingerprint density at radius 3 is 2.76 bits per heavy atom. The summed E-state index contributed by atoms with van der Waals surface area (Å²) >= 11 is 1.89. The molecule has 1 N–H and O–H groups in total. The Hall–Kier alpha value is -1.23. The van der Waals surface area contributed by atoms with Crippen molar-refractivity contribution in [2.24, 2.45) is 5.41 Å². The number of carbonyl (C=O) groups excluding carboxylic acids is 2. The number of rotatable bonds is 5. The summed E-state index contributed by atoms with van der Waals surface area (Å²) < 4.78 is 2.29. The zero-order valence-electron chi connectivity index (χ0n) is 15.9. The van der Waals surface area contributed by atoms with Gasteiger partial charge in [-0.1, -0.05) is 20.8 Å². The summed E-state index contributed by atoms with van der Waals surface area (Å²) in [5, 5.41) is 3.15. The van der Waals surface area contributed by atoms with E-state index in [9.17, 15) is 9.59 Å². The number of nitrogens with one attached hydrogen (secondary N) is 1. The van der Waals surface area contributed by atoms with Crippen LogP contribution in [0.3, 0.4) is 0 Å². The molecule has 0 spiro atoms. The van der Waals surface area contributed by atoms with Crippen LogP contribution < -0.4 is 5.32 Å². The molecule has 2 aliphatic rings. The number of amides is 1. The van der Waals surface area contributed by atoms with Crippen molar-refractivity contribution in [3.8, 4) is 0 Å². The molecular weight excluding hydrogens is 332 g/mol. The molecule has 1 saturated heterocycles. The molecular formula is C20H30N2O2S. The number of fused-ring (bicyclic) bond motifs is 1. The van der Waals surface area contributed by atoms with Crippen LogP contribution in [0, 0.1) is 12.3 Å². The van der Waals surface area contributed by atoms with Crippen molar-refractivity contribution in [3.05, 3.63) is 22.5 Å². The number of ketones is 1. The van der Waals surface area contributed by atoms with Crippen LogP contribution in [0.1, 0.15) is 67.3 Å². The Morgan fingerprint density at radius 2 is 2.12 bits per heavy atom. The van der Waals surface area contributed by atoms with Crippen molar-refractivity contribution in [2.75, 3.05) is 11.5 Å². The Bertz CT molecular complexity index is 684. The Kier molecular flexibility index (Phi) is 5.33. The van der Waals surface area contributed by atoms with E-state index in [2.05, 4.69) is 37.6 Å². The minimum Gasteiger partial charge on any atom is -0.352 e. The van der Waals surface area contributed by atoms with Crippen LogP contribution in [0.4, 0.5) is 0 Å². The second-order valence-electron chi connectivity index (χ2n) is 8.28. The topological polar surface area (TPSA) is 51.1 Å². The Balaban J connectivity index is 1.91. The number of thioether (sulfide) groups is 1. The van der Waals surface area contributed by atoms with Crippen molar-refractivity contribution >= 4 is 23.5 Å². The van der Waals surface area contributed by atoms with Crippen molar-refractivity contribution in [3.63, 3.8) is 0 Å². The lowest BCUT2D eigenvalue weighted by atomic mass is 9.75. The van der Waals surface area contributed by atoms with Gasteiger partial charge in [0.2, 0.25) is 5.91 Å². The molecule has 0 radical (unpaired) electrons. The van der Waals surface area contributed by atoms with Crippen molar-refractivity contribution in [1.29, 1.82) is 0 Å². The van der Waals surface area contributed by atoms with Crippen molar-refractivity contribution < 1.29 is 9.59 Å². The summed E-state index contributed by atoms with van der Waals surface area (Å²) in [4.78, 5) is 25.4. The van der Waals surface area contributed by atoms with E-state index in [0.717, 1.165) is 59.8 Å². The number of nitrogens with zero attached hydrogens (tertiary/aromatic N) is 1. The van der Waals surface area contributed by atoms with E-state index in [4.69, 9.17) is 0 Å². The number of hydrogen-bond donors (Lipinski definition) is 1. The molecule has 1 amide bonds. The molecule has 0 aromatic carbocycles. The third-order valence-electron chi connectivity index (χ3n) is 5.40. The molecule has 1 aliphatic heterocycles. The predicted molar refractivity (Wildman–Crippen MR) is 103 cm³/mol. The number of Topliss-reactive ketones (excluding diaryl/α,β-unsaturated/α-hetero) is 1. The maximum atomic E-state index is 12.9. The van der Waals surface area contributed by atoms with Crippen LogP contribution in [0.15, 0.2) is 0 Å². The third-order valence-corrected chi connectivity index (χ3v) is 6.56. The molecule has 0 bridgehead atoms. The summed E-state index contributed by atoms with van der Waals surface area (Å²) in [5.41, 5.74) is 4.07. The van der Waals surface area contributed by atoms with Crippen molar-refractivity contribution in [2.45, 2.75) is 72.4 Å². The fraction of sp³-hybridized carbons (Fsp3) is 0.700. The molecule has 25 heavy (non-hydrogen) atoms. The van der Waals surface area contributed by atoms with Gasteiger partial charge >= 0.3 is 0 Å². The summed E-state index contributed by atoms with van der Waals surface area (Å²) in [6.45, 7) is 9.47. The minimum atomic E-state index is 0.000960. The summed E-state index contributed by atoms with van der Waals surface area (Å²) in [5.74, 6) is 2.40. The highest BCUT2D eigenvalue weighted by molar-refractivity contribution is 7.99.